The Labute approximate surface area is 105 Å². The smallest absolute Gasteiger partial charge is 0.278 e. The number of rotatable bonds is 5. The summed E-state index contributed by atoms with van der Waals surface area (Å²) < 4.78 is 5.37. The van der Waals surface area contributed by atoms with Crippen molar-refractivity contribution < 1.29 is 19.2 Å². The molecule has 0 spiro atoms. The summed E-state index contributed by atoms with van der Waals surface area (Å²) in [7, 11) is 1.67. The van der Waals surface area contributed by atoms with Gasteiger partial charge in [0.05, 0.1) is 18.2 Å². The molecule has 0 aliphatic rings. The van der Waals surface area contributed by atoms with Gasteiger partial charge < -0.3 is 15.1 Å². The van der Waals surface area contributed by atoms with Crippen molar-refractivity contribution in [3.05, 3.63) is 23.2 Å². The molecule has 1 unspecified atom stereocenters. The number of amides is 2. The molecule has 1 aromatic rings. The summed E-state index contributed by atoms with van der Waals surface area (Å²) in [6, 6.07) is 1.13. The summed E-state index contributed by atoms with van der Waals surface area (Å²) in [6.45, 7) is 3.55. The van der Waals surface area contributed by atoms with Crippen molar-refractivity contribution in [3.63, 3.8) is 0 Å². The SMILES string of the molecule is CNCC(=O)NC(C)c1cc(C(=O)NO)c(C)o1. The molecule has 0 aliphatic carbocycles. The van der Waals surface area contributed by atoms with E-state index in [2.05, 4.69) is 10.6 Å². The minimum atomic E-state index is -0.642. The summed E-state index contributed by atoms with van der Waals surface area (Å²) in [5.41, 5.74) is 1.78. The molecule has 1 heterocycles. The summed E-state index contributed by atoms with van der Waals surface area (Å²) in [6.07, 6.45) is 0. The fourth-order valence-corrected chi connectivity index (χ4v) is 1.53. The number of carbonyl (C=O) groups excluding carboxylic acids is 2. The monoisotopic (exact) mass is 255 g/mol. The Balaban J connectivity index is 2.78. The maximum Gasteiger partial charge on any atom is 0.278 e. The first-order valence-electron chi connectivity index (χ1n) is 5.48. The van der Waals surface area contributed by atoms with Gasteiger partial charge in [0.25, 0.3) is 5.91 Å². The van der Waals surface area contributed by atoms with Crippen LogP contribution < -0.4 is 16.1 Å². The molecular weight excluding hydrogens is 238 g/mol. The summed E-state index contributed by atoms with van der Waals surface area (Å²) in [5.74, 6) is 0.0188. The van der Waals surface area contributed by atoms with E-state index in [4.69, 9.17) is 9.62 Å². The number of nitrogens with one attached hydrogen (secondary N) is 3. The lowest BCUT2D eigenvalue weighted by atomic mass is 10.2. The minimum absolute atomic E-state index is 0.174. The number of hydrogen-bond donors (Lipinski definition) is 4. The molecule has 0 radical (unpaired) electrons. The van der Waals surface area contributed by atoms with Crippen LogP contribution in [0.2, 0.25) is 0 Å². The Kier molecular flexibility index (Phi) is 4.87. The van der Waals surface area contributed by atoms with E-state index >= 15 is 0 Å². The molecule has 18 heavy (non-hydrogen) atoms. The van der Waals surface area contributed by atoms with E-state index in [1.165, 1.54) is 11.5 Å². The Bertz CT molecular complexity index is 441. The number of aryl methyl sites for hydroxylation is 1. The number of furan rings is 1. The maximum atomic E-state index is 11.4. The fourth-order valence-electron chi connectivity index (χ4n) is 1.53. The first-order valence-corrected chi connectivity index (χ1v) is 5.48. The van der Waals surface area contributed by atoms with Gasteiger partial charge >= 0.3 is 0 Å². The summed E-state index contributed by atoms with van der Waals surface area (Å²) in [5, 5.41) is 14.0. The second-order valence-electron chi connectivity index (χ2n) is 3.88. The largest absolute Gasteiger partial charge is 0.463 e. The van der Waals surface area contributed by atoms with Gasteiger partial charge in [0.15, 0.2) is 0 Å². The topological polar surface area (TPSA) is 104 Å². The van der Waals surface area contributed by atoms with Crippen molar-refractivity contribution >= 4 is 11.8 Å². The second kappa shape index (κ2) is 6.18. The number of carbonyl (C=O) groups is 2. The van der Waals surface area contributed by atoms with Crippen molar-refractivity contribution in [1.82, 2.24) is 16.1 Å². The summed E-state index contributed by atoms with van der Waals surface area (Å²) >= 11 is 0. The molecule has 0 saturated carbocycles. The van der Waals surface area contributed by atoms with Crippen molar-refractivity contribution in [2.45, 2.75) is 19.9 Å². The number of hydrogen-bond acceptors (Lipinski definition) is 5. The molecule has 2 amide bonds. The molecule has 0 aromatic carbocycles. The zero-order chi connectivity index (χ0) is 13.7. The van der Waals surface area contributed by atoms with Crippen LogP contribution in [0.3, 0.4) is 0 Å². The van der Waals surface area contributed by atoms with Crippen LogP contribution in [-0.4, -0.2) is 30.6 Å². The Morgan fingerprint density at radius 3 is 2.72 bits per heavy atom. The molecule has 0 bridgehead atoms. The zero-order valence-electron chi connectivity index (χ0n) is 10.5. The van der Waals surface area contributed by atoms with Crippen LogP contribution in [0, 0.1) is 6.92 Å². The van der Waals surface area contributed by atoms with Crippen LogP contribution in [0.25, 0.3) is 0 Å². The van der Waals surface area contributed by atoms with Gasteiger partial charge in [-0.05, 0) is 27.0 Å². The fraction of sp³-hybridized carbons (Fsp3) is 0.455. The van der Waals surface area contributed by atoms with Crippen LogP contribution in [-0.2, 0) is 4.79 Å². The van der Waals surface area contributed by atoms with E-state index in [1.807, 2.05) is 0 Å². The Hall–Kier alpha value is -1.86. The quantitative estimate of drug-likeness (QED) is 0.441. The van der Waals surface area contributed by atoms with Crippen LogP contribution >= 0.6 is 0 Å². The van der Waals surface area contributed by atoms with Gasteiger partial charge in [0.2, 0.25) is 5.91 Å². The van der Waals surface area contributed by atoms with Crippen molar-refractivity contribution in [2.75, 3.05) is 13.6 Å². The minimum Gasteiger partial charge on any atom is -0.463 e. The first-order chi connectivity index (χ1) is 8.49. The van der Waals surface area contributed by atoms with E-state index in [0.29, 0.717) is 11.5 Å². The maximum absolute atomic E-state index is 11.4. The Morgan fingerprint density at radius 1 is 1.50 bits per heavy atom. The molecule has 7 heteroatoms. The van der Waals surface area contributed by atoms with E-state index in [0.717, 1.165) is 0 Å². The predicted molar refractivity (Wildman–Crippen MR) is 63.2 cm³/mol. The lowest BCUT2D eigenvalue weighted by molar-refractivity contribution is -0.120. The highest BCUT2D eigenvalue weighted by Crippen LogP contribution is 2.20. The van der Waals surface area contributed by atoms with Crippen molar-refractivity contribution in [3.8, 4) is 0 Å². The molecule has 0 fully saturated rings. The lowest BCUT2D eigenvalue weighted by Gasteiger charge is -2.10. The second-order valence-corrected chi connectivity index (χ2v) is 3.88. The third-order valence-electron chi connectivity index (χ3n) is 2.42. The van der Waals surface area contributed by atoms with E-state index in [-0.39, 0.29) is 24.1 Å². The highest BCUT2D eigenvalue weighted by molar-refractivity contribution is 5.94. The molecule has 1 atom stereocenters. The standard InChI is InChI=1S/C11H17N3O4/c1-6(13-10(15)5-12-3)9-4-8(7(2)18-9)11(16)14-17/h4,6,12,17H,5H2,1-3H3,(H,13,15)(H,14,16). The average Bonchev–Trinajstić information content (AvgIpc) is 2.70. The van der Waals surface area contributed by atoms with E-state index in [9.17, 15) is 9.59 Å². The molecule has 4 N–H and O–H groups in total. The van der Waals surface area contributed by atoms with Crippen LogP contribution in [0.15, 0.2) is 10.5 Å². The molecule has 0 aliphatic heterocycles. The zero-order valence-corrected chi connectivity index (χ0v) is 10.5. The third kappa shape index (κ3) is 3.31. The van der Waals surface area contributed by atoms with Gasteiger partial charge in [0, 0.05) is 0 Å². The number of hydroxylamine groups is 1. The van der Waals surface area contributed by atoms with Crippen LogP contribution in [0.5, 0.6) is 0 Å². The van der Waals surface area contributed by atoms with Gasteiger partial charge in [-0.1, -0.05) is 0 Å². The highest BCUT2D eigenvalue weighted by atomic mass is 16.5. The van der Waals surface area contributed by atoms with Gasteiger partial charge in [-0.3, -0.25) is 14.8 Å². The molecule has 7 nitrogen and oxygen atoms in total. The van der Waals surface area contributed by atoms with Gasteiger partial charge in [-0.2, -0.15) is 0 Å². The van der Waals surface area contributed by atoms with Gasteiger partial charge in [0.1, 0.15) is 11.5 Å². The normalized spacial score (nSPS) is 12.0. The van der Waals surface area contributed by atoms with E-state index < -0.39 is 5.91 Å². The predicted octanol–water partition coefficient (Wildman–Crippen LogP) is 0.104. The number of likely N-dealkylation sites (N-methyl/N-ethyl adjacent to an activating group) is 1. The molecule has 1 aromatic heterocycles. The molecular formula is C11H17N3O4. The van der Waals surface area contributed by atoms with Gasteiger partial charge in [-0.25, -0.2) is 5.48 Å². The third-order valence-corrected chi connectivity index (χ3v) is 2.42. The summed E-state index contributed by atoms with van der Waals surface area (Å²) in [4.78, 5) is 22.7. The van der Waals surface area contributed by atoms with Crippen molar-refractivity contribution in [2.24, 2.45) is 0 Å². The molecule has 0 saturated heterocycles. The van der Waals surface area contributed by atoms with E-state index in [1.54, 1.807) is 20.9 Å². The molecule has 1 rings (SSSR count). The van der Waals surface area contributed by atoms with Crippen LogP contribution in [0.1, 0.15) is 34.8 Å². The first kappa shape index (κ1) is 14.2. The lowest BCUT2D eigenvalue weighted by Crippen LogP contribution is -2.33. The van der Waals surface area contributed by atoms with Gasteiger partial charge in [-0.15, -0.1) is 0 Å². The highest BCUT2D eigenvalue weighted by Gasteiger charge is 2.18. The Morgan fingerprint density at radius 2 is 2.17 bits per heavy atom. The average molecular weight is 255 g/mol. The van der Waals surface area contributed by atoms with Crippen LogP contribution in [0.4, 0.5) is 0 Å². The molecule has 100 valence electrons. The van der Waals surface area contributed by atoms with Crippen molar-refractivity contribution in [1.29, 1.82) is 0 Å².